The van der Waals surface area contributed by atoms with E-state index in [0.717, 1.165) is 10.8 Å². The Hall–Kier alpha value is -2.07. The van der Waals surface area contributed by atoms with Crippen LogP contribution in [-0.4, -0.2) is 30.4 Å². The van der Waals surface area contributed by atoms with Crippen LogP contribution in [0, 0.1) is 0 Å². The lowest BCUT2D eigenvalue weighted by molar-refractivity contribution is -0.150. The molecule has 1 atom stereocenters. The van der Waals surface area contributed by atoms with Crippen molar-refractivity contribution in [3.63, 3.8) is 0 Å². The Kier molecular flexibility index (Phi) is 4.36. The first kappa shape index (κ1) is 13.4. The molecule has 4 nitrogen and oxygen atoms in total. The molecular weight excluding hydrogens is 244 g/mol. The van der Waals surface area contributed by atoms with E-state index in [0.29, 0.717) is 5.75 Å². The lowest BCUT2D eigenvalue weighted by atomic mass is 10.1. The molecule has 0 spiro atoms. The number of carbonyl (C=O) groups is 1. The highest BCUT2D eigenvalue weighted by molar-refractivity contribution is 5.88. The Bertz CT molecular complexity index is 560. The number of rotatable bonds is 5. The van der Waals surface area contributed by atoms with Crippen molar-refractivity contribution in [2.75, 3.05) is 13.2 Å². The minimum atomic E-state index is -0.642. The quantitative estimate of drug-likeness (QED) is 0.837. The molecule has 0 saturated heterocycles. The highest BCUT2D eigenvalue weighted by Crippen LogP contribution is 2.25. The summed E-state index contributed by atoms with van der Waals surface area (Å²) in [4.78, 5) is 10.8. The molecule has 0 saturated carbocycles. The van der Waals surface area contributed by atoms with E-state index in [-0.39, 0.29) is 13.2 Å². The van der Waals surface area contributed by atoms with Crippen LogP contribution in [0.5, 0.6) is 5.75 Å². The average molecular weight is 260 g/mol. The van der Waals surface area contributed by atoms with Gasteiger partial charge in [0.05, 0.1) is 6.61 Å². The van der Waals surface area contributed by atoms with Crippen molar-refractivity contribution in [1.82, 2.24) is 0 Å². The van der Waals surface area contributed by atoms with E-state index in [9.17, 15) is 4.79 Å². The zero-order chi connectivity index (χ0) is 13.7. The fourth-order valence-electron chi connectivity index (χ4n) is 1.86. The second kappa shape index (κ2) is 6.20. The van der Waals surface area contributed by atoms with E-state index in [1.807, 2.05) is 42.5 Å². The van der Waals surface area contributed by atoms with Crippen molar-refractivity contribution in [3.05, 3.63) is 42.5 Å². The monoisotopic (exact) mass is 260 g/mol. The van der Waals surface area contributed by atoms with Gasteiger partial charge in [-0.1, -0.05) is 36.4 Å². The van der Waals surface area contributed by atoms with Gasteiger partial charge in [-0.25, -0.2) is 0 Å². The highest BCUT2D eigenvalue weighted by Gasteiger charge is 2.12. The summed E-state index contributed by atoms with van der Waals surface area (Å²) in [6.45, 7) is 1.18. The maximum atomic E-state index is 10.8. The molecule has 2 rings (SSSR count). The maximum Gasteiger partial charge on any atom is 0.303 e. The van der Waals surface area contributed by atoms with Crippen LogP contribution in [0.15, 0.2) is 42.5 Å². The molecule has 2 aromatic carbocycles. The summed E-state index contributed by atoms with van der Waals surface area (Å²) in [5.74, 6) is 0.282. The van der Waals surface area contributed by atoms with Crippen LogP contribution in [0.4, 0.5) is 0 Å². The maximum absolute atomic E-state index is 10.8. The standard InChI is InChI=1S/C15H16O4/c1-11(17)19-13(9-16)10-18-15-8-4-6-12-5-2-3-7-14(12)15/h2-8,13,16H,9-10H2,1H3/t13-/m0/s1. The van der Waals surface area contributed by atoms with Gasteiger partial charge in [-0.3, -0.25) is 4.79 Å². The number of hydrogen-bond acceptors (Lipinski definition) is 4. The fraction of sp³-hybridized carbons (Fsp3) is 0.267. The number of aliphatic hydroxyl groups excluding tert-OH is 1. The molecule has 4 heteroatoms. The number of carbonyl (C=O) groups excluding carboxylic acids is 1. The lowest BCUT2D eigenvalue weighted by Gasteiger charge is -2.16. The van der Waals surface area contributed by atoms with E-state index in [1.165, 1.54) is 6.92 Å². The van der Waals surface area contributed by atoms with Crippen molar-refractivity contribution >= 4 is 16.7 Å². The highest BCUT2D eigenvalue weighted by atomic mass is 16.6. The lowest BCUT2D eigenvalue weighted by Crippen LogP contribution is -2.27. The molecule has 0 radical (unpaired) electrons. The summed E-state index contributed by atoms with van der Waals surface area (Å²) < 4.78 is 10.6. The predicted molar refractivity (Wildman–Crippen MR) is 72.1 cm³/mol. The van der Waals surface area contributed by atoms with Crippen LogP contribution in [0.2, 0.25) is 0 Å². The Balaban J connectivity index is 2.11. The number of aliphatic hydroxyl groups is 1. The average Bonchev–Trinajstić information content (AvgIpc) is 2.43. The summed E-state index contributed by atoms with van der Waals surface area (Å²) in [6, 6.07) is 13.6. The van der Waals surface area contributed by atoms with Gasteiger partial charge in [-0.2, -0.15) is 0 Å². The van der Waals surface area contributed by atoms with Crippen LogP contribution in [-0.2, 0) is 9.53 Å². The zero-order valence-corrected chi connectivity index (χ0v) is 10.7. The van der Waals surface area contributed by atoms with Gasteiger partial charge in [0.15, 0.2) is 6.10 Å². The molecule has 0 unspecified atom stereocenters. The number of fused-ring (bicyclic) bond motifs is 1. The number of hydrogen-bond donors (Lipinski definition) is 1. The molecule has 0 aliphatic rings. The molecule has 0 bridgehead atoms. The zero-order valence-electron chi connectivity index (χ0n) is 10.7. The first-order valence-corrected chi connectivity index (χ1v) is 6.09. The van der Waals surface area contributed by atoms with Crippen LogP contribution >= 0.6 is 0 Å². The molecule has 0 aliphatic carbocycles. The van der Waals surface area contributed by atoms with Crippen molar-refractivity contribution in [3.8, 4) is 5.75 Å². The normalized spacial score (nSPS) is 12.1. The van der Waals surface area contributed by atoms with Crippen LogP contribution < -0.4 is 4.74 Å². The summed E-state index contributed by atoms with van der Waals surface area (Å²) >= 11 is 0. The van der Waals surface area contributed by atoms with Crippen molar-refractivity contribution in [1.29, 1.82) is 0 Å². The van der Waals surface area contributed by atoms with Gasteiger partial charge in [0.1, 0.15) is 12.4 Å². The third-order valence-electron chi connectivity index (χ3n) is 2.71. The molecular formula is C15H16O4. The van der Waals surface area contributed by atoms with Gasteiger partial charge in [0.25, 0.3) is 0 Å². The number of ether oxygens (including phenoxy) is 2. The Labute approximate surface area is 111 Å². The Morgan fingerprint density at radius 3 is 2.68 bits per heavy atom. The molecule has 0 aromatic heterocycles. The van der Waals surface area contributed by atoms with Gasteiger partial charge in [0, 0.05) is 12.3 Å². The SMILES string of the molecule is CC(=O)O[C@@H](CO)COc1cccc2ccccc12. The van der Waals surface area contributed by atoms with Gasteiger partial charge in [-0.05, 0) is 11.5 Å². The van der Waals surface area contributed by atoms with Crippen LogP contribution in [0.1, 0.15) is 6.92 Å². The van der Waals surface area contributed by atoms with E-state index in [1.54, 1.807) is 0 Å². The molecule has 0 aliphatic heterocycles. The van der Waals surface area contributed by atoms with Crippen LogP contribution in [0.25, 0.3) is 10.8 Å². The number of benzene rings is 2. The topological polar surface area (TPSA) is 55.8 Å². The van der Waals surface area contributed by atoms with Crippen molar-refractivity contribution in [2.45, 2.75) is 13.0 Å². The first-order valence-electron chi connectivity index (χ1n) is 6.09. The van der Waals surface area contributed by atoms with E-state index in [4.69, 9.17) is 14.6 Å². The largest absolute Gasteiger partial charge is 0.489 e. The van der Waals surface area contributed by atoms with E-state index in [2.05, 4.69) is 0 Å². The van der Waals surface area contributed by atoms with Gasteiger partial charge in [0.2, 0.25) is 0 Å². The molecule has 0 amide bonds. The third kappa shape index (κ3) is 3.45. The summed E-state index contributed by atoms with van der Waals surface area (Å²) in [5, 5.41) is 11.2. The second-order valence-electron chi connectivity index (χ2n) is 4.20. The molecule has 0 fully saturated rings. The van der Waals surface area contributed by atoms with Crippen molar-refractivity contribution in [2.24, 2.45) is 0 Å². The third-order valence-corrected chi connectivity index (χ3v) is 2.71. The summed E-state index contributed by atoms with van der Waals surface area (Å²) in [7, 11) is 0. The summed E-state index contributed by atoms with van der Waals surface area (Å²) in [5.41, 5.74) is 0. The smallest absolute Gasteiger partial charge is 0.303 e. The fourth-order valence-corrected chi connectivity index (χ4v) is 1.86. The number of esters is 1. The second-order valence-corrected chi connectivity index (χ2v) is 4.20. The van der Waals surface area contributed by atoms with E-state index >= 15 is 0 Å². The first-order chi connectivity index (χ1) is 9.20. The minimum Gasteiger partial charge on any atom is -0.489 e. The predicted octanol–water partition coefficient (Wildman–Crippen LogP) is 2.14. The molecule has 1 N–H and O–H groups in total. The molecule has 19 heavy (non-hydrogen) atoms. The minimum absolute atomic E-state index is 0.129. The van der Waals surface area contributed by atoms with Gasteiger partial charge in [-0.15, -0.1) is 0 Å². The summed E-state index contributed by atoms with van der Waals surface area (Å²) in [6.07, 6.45) is -0.642. The van der Waals surface area contributed by atoms with Crippen LogP contribution in [0.3, 0.4) is 0 Å². The van der Waals surface area contributed by atoms with E-state index < -0.39 is 12.1 Å². The Morgan fingerprint density at radius 1 is 1.21 bits per heavy atom. The Morgan fingerprint density at radius 2 is 1.95 bits per heavy atom. The van der Waals surface area contributed by atoms with Crippen molar-refractivity contribution < 1.29 is 19.4 Å². The molecule has 100 valence electrons. The van der Waals surface area contributed by atoms with Gasteiger partial charge >= 0.3 is 5.97 Å². The van der Waals surface area contributed by atoms with Gasteiger partial charge < -0.3 is 14.6 Å². The molecule has 2 aromatic rings. The molecule has 0 heterocycles.